The van der Waals surface area contributed by atoms with Crippen LogP contribution in [0, 0.1) is 0 Å². The van der Waals surface area contributed by atoms with E-state index in [9.17, 15) is 14.4 Å². The molecule has 0 atom stereocenters. The molecule has 0 aliphatic rings. The summed E-state index contributed by atoms with van der Waals surface area (Å²) in [5, 5.41) is 10.0. The Hall–Kier alpha value is -3.56. The molecule has 0 unspecified atom stereocenters. The highest BCUT2D eigenvalue weighted by atomic mass is 16.5. The smallest absolute Gasteiger partial charge is 0.352 e. The molecule has 3 aromatic rings. The summed E-state index contributed by atoms with van der Waals surface area (Å²) in [6.07, 6.45) is 1.20. The molecule has 0 bridgehead atoms. The number of amides is 1. The summed E-state index contributed by atoms with van der Waals surface area (Å²) in [5.41, 5.74) is -0.0649. The van der Waals surface area contributed by atoms with Crippen molar-refractivity contribution in [1.82, 2.24) is 24.4 Å². The number of aryl methyl sites for hydroxylation is 1. The van der Waals surface area contributed by atoms with Crippen molar-refractivity contribution in [2.75, 3.05) is 5.32 Å². The first kappa shape index (κ1) is 15.3. The van der Waals surface area contributed by atoms with Gasteiger partial charge in [-0.25, -0.2) is 14.2 Å². The molecule has 1 aromatic carbocycles. The van der Waals surface area contributed by atoms with Gasteiger partial charge in [-0.05, 0) is 12.1 Å². The van der Waals surface area contributed by atoms with Gasteiger partial charge in [-0.1, -0.05) is 11.3 Å². The third-order valence-corrected chi connectivity index (χ3v) is 3.07. The lowest BCUT2D eigenvalue weighted by Gasteiger charge is -2.06. The maximum atomic E-state index is 12.3. The Morgan fingerprint density at radius 1 is 1.29 bits per heavy atom. The van der Waals surface area contributed by atoms with Crippen molar-refractivity contribution in [1.29, 1.82) is 0 Å². The maximum Gasteiger partial charge on any atom is 0.352 e. The average molecular weight is 328 g/mol. The monoisotopic (exact) mass is 328 g/mol. The van der Waals surface area contributed by atoms with Crippen molar-refractivity contribution >= 4 is 23.2 Å². The Kier molecular flexibility index (Phi) is 3.78. The first-order valence-corrected chi connectivity index (χ1v) is 6.82. The molecule has 2 heterocycles. The quantitative estimate of drug-likeness (QED) is 0.530. The lowest BCUT2D eigenvalue weighted by atomic mass is 10.3. The number of esters is 1. The second kappa shape index (κ2) is 5.91. The predicted molar refractivity (Wildman–Crippen MR) is 81.7 cm³/mol. The summed E-state index contributed by atoms with van der Waals surface area (Å²) < 4.78 is 7.10. The van der Waals surface area contributed by atoms with E-state index in [1.807, 2.05) is 0 Å². The number of hydrogen-bond donors (Lipinski definition) is 1. The van der Waals surface area contributed by atoms with E-state index < -0.39 is 17.6 Å². The van der Waals surface area contributed by atoms with Crippen molar-refractivity contribution in [2.24, 2.45) is 7.05 Å². The largest absolute Gasteiger partial charge is 0.427 e. The Bertz CT molecular complexity index is 1010. The Morgan fingerprint density at radius 3 is 2.83 bits per heavy atom. The van der Waals surface area contributed by atoms with Crippen LogP contribution in [0.1, 0.15) is 17.4 Å². The van der Waals surface area contributed by atoms with Crippen molar-refractivity contribution in [2.45, 2.75) is 6.92 Å². The minimum atomic E-state index is -0.569. The summed E-state index contributed by atoms with van der Waals surface area (Å²) >= 11 is 0. The van der Waals surface area contributed by atoms with Gasteiger partial charge in [0.2, 0.25) is 0 Å². The van der Waals surface area contributed by atoms with E-state index in [-0.39, 0.29) is 11.3 Å². The zero-order valence-corrected chi connectivity index (χ0v) is 12.8. The van der Waals surface area contributed by atoms with E-state index in [1.54, 1.807) is 18.2 Å². The number of fused-ring (bicyclic) bond motifs is 1. The number of hydrogen-bond acceptors (Lipinski definition) is 7. The summed E-state index contributed by atoms with van der Waals surface area (Å²) in [6.45, 7) is 1.28. The van der Waals surface area contributed by atoms with Gasteiger partial charge in [-0.15, -0.1) is 5.10 Å². The molecular formula is C14H12N6O4. The predicted octanol–water partition coefficient (Wildman–Crippen LogP) is 0.000600. The number of aromatic nitrogens is 5. The van der Waals surface area contributed by atoms with Gasteiger partial charge in [0.15, 0.2) is 11.3 Å². The van der Waals surface area contributed by atoms with E-state index in [0.29, 0.717) is 11.4 Å². The molecule has 1 N–H and O–H groups in total. The van der Waals surface area contributed by atoms with Crippen LogP contribution >= 0.6 is 0 Å². The van der Waals surface area contributed by atoms with Crippen LogP contribution in [0.15, 0.2) is 35.4 Å². The number of carbonyl (C=O) groups is 2. The molecule has 24 heavy (non-hydrogen) atoms. The van der Waals surface area contributed by atoms with Crippen LogP contribution in [-0.4, -0.2) is 36.3 Å². The SMILES string of the molecule is CC(=O)Oc1cccc(NC(=O)c2ncn3c(=O)n(C)nnc23)c1. The highest BCUT2D eigenvalue weighted by molar-refractivity contribution is 6.06. The van der Waals surface area contributed by atoms with Crippen LogP contribution in [0.5, 0.6) is 5.75 Å². The molecule has 0 aliphatic carbocycles. The van der Waals surface area contributed by atoms with Gasteiger partial charge >= 0.3 is 11.7 Å². The normalized spacial score (nSPS) is 10.6. The first-order chi connectivity index (χ1) is 11.5. The van der Waals surface area contributed by atoms with E-state index in [2.05, 4.69) is 20.6 Å². The zero-order valence-electron chi connectivity index (χ0n) is 12.8. The number of nitrogens with zero attached hydrogens (tertiary/aromatic N) is 5. The van der Waals surface area contributed by atoms with E-state index in [0.717, 1.165) is 9.08 Å². The second-order valence-electron chi connectivity index (χ2n) is 4.86. The number of carbonyl (C=O) groups excluding carboxylic acids is 2. The van der Waals surface area contributed by atoms with Gasteiger partial charge < -0.3 is 10.1 Å². The van der Waals surface area contributed by atoms with Crippen molar-refractivity contribution < 1.29 is 14.3 Å². The van der Waals surface area contributed by atoms with Crippen LogP contribution in [0.3, 0.4) is 0 Å². The fraction of sp³-hybridized carbons (Fsp3) is 0.143. The van der Waals surface area contributed by atoms with Gasteiger partial charge in [-0.2, -0.15) is 4.68 Å². The molecule has 0 radical (unpaired) electrons. The van der Waals surface area contributed by atoms with Crippen LogP contribution in [0.2, 0.25) is 0 Å². The van der Waals surface area contributed by atoms with Crippen molar-refractivity contribution in [3.05, 3.63) is 46.8 Å². The molecule has 122 valence electrons. The van der Waals surface area contributed by atoms with Gasteiger partial charge in [0, 0.05) is 25.7 Å². The maximum absolute atomic E-state index is 12.3. The minimum absolute atomic E-state index is 0.0434. The lowest BCUT2D eigenvalue weighted by Crippen LogP contribution is -2.27. The summed E-state index contributed by atoms with van der Waals surface area (Å²) in [6, 6.07) is 6.31. The zero-order chi connectivity index (χ0) is 17.3. The van der Waals surface area contributed by atoms with Crippen LogP contribution in [0.4, 0.5) is 5.69 Å². The molecule has 0 saturated heterocycles. The molecule has 0 spiro atoms. The average Bonchev–Trinajstić information content (AvgIpc) is 2.95. The molecular weight excluding hydrogens is 316 g/mol. The van der Waals surface area contributed by atoms with E-state index in [1.165, 1.54) is 26.4 Å². The third-order valence-electron chi connectivity index (χ3n) is 3.07. The van der Waals surface area contributed by atoms with Crippen LogP contribution in [-0.2, 0) is 11.8 Å². The molecule has 1 amide bonds. The number of imidazole rings is 1. The van der Waals surface area contributed by atoms with Crippen molar-refractivity contribution in [3.63, 3.8) is 0 Å². The third kappa shape index (κ3) is 2.84. The number of benzene rings is 1. The molecule has 10 nitrogen and oxygen atoms in total. The second-order valence-corrected chi connectivity index (χ2v) is 4.86. The molecule has 0 fully saturated rings. The highest BCUT2D eigenvalue weighted by Crippen LogP contribution is 2.18. The van der Waals surface area contributed by atoms with Gasteiger partial charge in [0.1, 0.15) is 12.1 Å². The molecule has 0 saturated carbocycles. The molecule has 2 aromatic heterocycles. The topological polar surface area (TPSA) is 120 Å². The summed E-state index contributed by atoms with van der Waals surface area (Å²) in [5.74, 6) is -0.742. The number of anilines is 1. The number of rotatable bonds is 3. The Labute approximate surface area is 134 Å². The van der Waals surface area contributed by atoms with Crippen LogP contribution in [0.25, 0.3) is 5.65 Å². The highest BCUT2D eigenvalue weighted by Gasteiger charge is 2.17. The standard InChI is InChI=1S/C14H12N6O4/c1-8(21)24-10-5-3-4-9(6-10)16-13(22)11-12-17-18-19(2)14(23)20(12)7-15-11/h3-7H,1-2H3,(H,16,22). The molecule has 0 aliphatic heterocycles. The van der Waals surface area contributed by atoms with Crippen molar-refractivity contribution in [3.8, 4) is 5.75 Å². The van der Waals surface area contributed by atoms with Gasteiger partial charge in [-0.3, -0.25) is 9.59 Å². The van der Waals surface area contributed by atoms with Gasteiger partial charge in [0.05, 0.1) is 0 Å². The number of ether oxygens (including phenoxy) is 1. The van der Waals surface area contributed by atoms with Gasteiger partial charge in [0.25, 0.3) is 5.91 Å². The Balaban J connectivity index is 1.89. The minimum Gasteiger partial charge on any atom is -0.427 e. The summed E-state index contributed by atoms with van der Waals surface area (Å²) in [4.78, 5) is 39.1. The molecule has 10 heteroatoms. The van der Waals surface area contributed by atoms with Crippen LogP contribution < -0.4 is 15.7 Å². The fourth-order valence-corrected chi connectivity index (χ4v) is 2.03. The number of nitrogens with one attached hydrogen (secondary N) is 1. The lowest BCUT2D eigenvalue weighted by molar-refractivity contribution is -0.131. The summed E-state index contributed by atoms with van der Waals surface area (Å²) in [7, 11) is 1.44. The van der Waals surface area contributed by atoms with E-state index >= 15 is 0 Å². The fourth-order valence-electron chi connectivity index (χ4n) is 2.03. The first-order valence-electron chi connectivity index (χ1n) is 6.82. The Morgan fingerprint density at radius 2 is 2.08 bits per heavy atom. The molecule has 3 rings (SSSR count). The van der Waals surface area contributed by atoms with E-state index in [4.69, 9.17) is 4.74 Å².